The summed E-state index contributed by atoms with van der Waals surface area (Å²) in [6.45, 7) is 1.61. The van der Waals surface area contributed by atoms with Crippen molar-refractivity contribution in [1.82, 2.24) is 20.2 Å². The summed E-state index contributed by atoms with van der Waals surface area (Å²) in [5.41, 5.74) is 0.797. The number of nitrogen functional groups attached to an aromatic ring is 1. The summed E-state index contributed by atoms with van der Waals surface area (Å²) >= 11 is 1.07. The van der Waals surface area contributed by atoms with Crippen LogP contribution >= 0.6 is 11.8 Å². The van der Waals surface area contributed by atoms with Crippen molar-refractivity contribution in [1.29, 1.82) is 0 Å². The quantitative estimate of drug-likeness (QED) is 0.402. The number of methoxy groups -OCH3 is 2. The van der Waals surface area contributed by atoms with Crippen LogP contribution in [0.15, 0.2) is 41.6 Å². The van der Waals surface area contributed by atoms with Crippen LogP contribution in [0.2, 0.25) is 0 Å². The zero-order valence-corrected chi connectivity index (χ0v) is 17.9. The van der Waals surface area contributed by atoms with Crippen LogP contribution < -0.4 is 20.6 Å². The Kier molecular flexibility index (Phi) is 6.95. The largest absolute Gasteiger partial charge is 0.497 e. The van der Waals surface area contributed by atoms with Gasteiger partial charge in [-0.3, -0.25) is 4.79 Å². The van der Waals surface area contributed by atoms with Crippen molar-refractivity contribution >= 4 is 17.7 Å². The number of hydrogen-bond donors (Lipinski definition) is 2. The van der Waals surface area contributed by atoms with E-state index in [1.165, 1.54) is 17.9 Å². The van der Waals surface area contributed by atoms with Crippen molar-refractivity contribution in [2.45, 2.75) is 18.1 Å². The molecule has 31 heavy (non-hydrogen) atoms. The van der Waals surface area contributed by atoms with Crippen LogP contribution in [-0.4, -0.2) is 40.8 Å². The molecule has 0 saturated carbocycles. The Labute approximate surface area is 181 Å². The van der Waals surface area contributed by atoms with Gasteiger partial charge < -0.3 is 20.6 Å². The summed E-state index contributed by atoms with van der Waals surface area (Å²) in [6.07, 6.45) is 0. The number of nitrogens with two attached hydrogens (primary N) is 1. The highest BCUT2D eigenvalue weighted by molar-refractivity contribution is 7.99. The molecule has 0 spiro atoms. The molecule has 0 fully saturated rings. The van der Waals surface area contributed by atoms with Gasteiger partial charge in [0, 0.05) is 17.7 Å². The van der Waals surface area contributed by atoms with Crippen molar-refractivity contribution < 1.29 is 23.0 Å². The minimum absolute atomic E-state index is 0.0256. The molecule has 11 heteroatoms. The lowest BCUT2D eigenvalue weighted by atomic mass is 10.1. The standard InChI is InChI=1S/C20H21F2N5O3S/c1-11(14-6-4-12(21)8-16(14)22)24-18(28)10-31-20-26-25-19(27(20)23)15-7-5-13(29-2)9-17(15)30-3/h4-9,11H,10,23H2,1-3H3,(H,24,28)/t11-/m1/s1. The van der Waals surface area contributed by atoms with Gasteiger partial charge >= 0.3 is 0 Å². The van der Waals surface area contributed by atoms with E-state index in [-0.39, 0.29) is 17.2 Å². The van der Waals surface area contributed by atoms with Gasteiger partial charge in [-0.05, 0) is 25.1 Å². The zero-order valence-electron chi connectivity index (χ0n) is 17.1. The molecule has 8 nitrogen and oxygen atoms in total. The lowest BCUT2D eigenvalue weighted by Gasteiger charge is -2.15. The average molecular weight is 449 g/mol. The molecular formula is C20H21F2N5O3S. The Morgan fingerprint density at radius 3 is 2.65 bits per heavy atom. The molecule has 0 saturated heterocycles. The number of carbonyl (C=O) groups is 1. The Bertz CT molecular complexity index is 1090. The van der Waals surface area contributed by atoms with E-state index < -0.39 is 17.7 Å². The highest BCUT2D eigenvalue weighted by atomic mass is 32.2. The first kappa shape index (κ1) is 22.3. The third-order valence-corrected chi connectivity index (χ3v) is 5.40. The van der Waals surface area contributed by atoms with Crippen LogP contribution in [0.4, 0.5) is 8.78 Å². The van der Waals surface area contributed by atoms with Gasteiger partial charge in [0.25, 0.3) is 0 Å². The Morgan fingerprint density at radius 2 is 1.97 bits per heavy atom. The van der Waals surface area contributed by atoms with Gasteiger partial charge in [-0.2, -0.15) is 0 Å². The number of rotatable bonds is 8. The molecule has 0 aliphatic carbocycles. The normalized spacial score (nSPS) is 11.8. The number of benzene rings is 2. The minimum atomic E-state index is -0.722. The molecule has 1 aromatic heterocycles. The van der Waals surface area contributed by atoms with E-state index in [1.54, 1.807) is 32.2 Å². The number of nitrogens with one attached hydrogen (secondary N) is 1. The van der Waals surface area contributed by atoms with E-state index in [4.69, 9.17) is 15.3 Å². The first-order valence-electron chi connectivity index (χ1n) is 9.14. The number of halogens is 2. The molecule has 3 N–H and O–H groups in total. The van der Waals surface area contributed by atoms with Gasteiger partial charge in [-0.1, -0.05) is 17.8 Å². The summed E-state index contributed by atoms with van der Waals surface area (Å²) in [7, 11) is 3.06. The smallest absolute Gasteiger partial charge is 0.230 e. The fourth-order valence-corrected chi connectivity index (χ4v) is 3.55. The van der Waals surface area contributed by atoms with Crippen LogP contribution in [0.3, 0.4) is 0 Å². The van der Waals surface area contributed by atoms with Crippen molar-refractivity contribution in [3.8, 4) is 22.9 Å². The Morgan fingerprint density at radius 1 is 1.19 bits per heavy atom. The molecule has 0 unspecified atom stereocenters. The molecule has 0 bridgehead atoms. The topological polar surface area (TPSA) is 104 Å². The van der Waals surface area contributed by atoms with Gasteiger partial charge in [-0.25, -0.2) is 13.5 Å². The third kappa shape index (κ3) is 5.05. The van der Waals surface area contributed by atoms with Gasteiger partial charge in [0.1, 0.15) is 23.1 Å². The second kappa shape index (κ2) is 9.65. The molecule has 0 aliphatic heterocycles. The number of carbonyl (C=O) groups excluding carboxylic acids is 1. The summed E-state index contributed by atoms with van der Waals surface area (Å²) in [5, 5.41) is 11.1. The number of aromatic nitrogens is 3. The lowest BCUT2D eigenvalue weighted by Crippen LogP contribution is -2.29. The summed E-state index contributed by atoms with van der Waals surface area (Å²) in [4.78, 5) is 12.3. The molecule has 2 aromatic carbocycles. The van der Waals surface area contributed by atoms with E-state index in [2.05, 4.69) is 15.5 Å². The molecule has 3 rings (SSSR count). The SMILES string of the molecule is COc1ccc(-c2nnc(SCC(=O)N[C@H](C)c3ccc(F)cc3F)n2N)c(OC)c1. The number of thioether (sulfide) groups is 1. The molecule has 0 aliphatic rings. The number of amides is 1. The predicted molar refractivity (Wildman–Crippen MR) is 112 cm³/mol. The second-order valence-electron chi connectivity index (χ2n) is 6.49. The van der Waals surface area contributed by atoms with E-state index in [0.717, 1.165) is 23.9 Å². The lowest BCUT2D eigenvalue weighted by molar-refractivity contribution is -0.119. The number of ether oxygens (including phenoxy) is 2. The monoisotopic (exact) mass is 449 g/mol. The molecule has 1 atom stereocenters. The van der Waals surface area contributed by atoms with Crippen molar-refractivity contribution in [3.05, 3.63) is 53.6 Å². The van der Waals surface area contributed by atoms with Crippen LogP contribution in [-0.2, 0) is 4.79 Å². The molecule has 1 heterocycles. The summed E-state index contributed by atoms with van der Waals surface area (Å²) < 4.78 is 38.7. The molecule has 1 amide bonds. The predicted octanol–water partition coefficient (Wildman–Crippen LogP) is 2.92. The van der Waals surface area contributed by atoms with E-state index >= 15 is 0 Å². The van der Waals surface area contributed by atoms with Gasteiger partial charge in [0.05, 0.1) is 31.6 Å². The molecular weight excluding hydrogens is 428 g/mol. The highest BCUT2D eigenvalue weighted by Gasteiger charge is 2.19. The second-order valence-corrected chi connectivity index (χ2v) is 7.43. The minimum Gasteiger partial charge on any atom is -0.497 e. The zero-order chi connectivity index (χ0) is 22.5. The van der Waals surface area contributed by atoms with Gasteiger partial charge in [0.2, 0.25) is 11.1 Å². The first-order valence-corrected chi connectivity index (χ1v) is 10.1. The van der Waals surface area contributed by atoms with Crippen LogP contribution in [0, 0.1) is 11.6 Å². The third-order valence-electron chi connectivity index (χ3n) is 4.45. The number of nitrogens with zero attached hydrogens (tertiary/aromatic N) is 3. The van der Waals surface area contributed by atoms with E-state index in [9.17, 15) is 13.6 Å². The van der Waals surface area contributed by atoms with Crippen LogP contribution in [0.25, 0.3) is 11.4 Å². The maximum atomic E-state index is 13.9. The maximum Gasteiger partial charge on any atom is 0.230 e. The van der Waals surface area contributed by atoms with Crippen molar-refractivity contribution in [2.75, 3.05) is 25.8 Å². The molecule has 164 valence electrons. The fraction of sp³-hybridized carbons (Fsp3) is 0.250. The fourth-order valence-electron chi connectivity index (χ4n) is 2.89. The summed E-state index contributed by atoms with van der Waals surface area (Å²) in [5.74, 6) is 5.78. The van der Waals surface area contributed by atoms with Crippen molar-refractivity contribution in [2.24, 2.45) is 0 Å². The highest BCUT2D eigenvalue weighted by Crippen LogP contribution is 2.33. The number of hydrogen-bond acceptors (Lipinski definition) is 7. The van der Waals surface area contributed by atoms with Crippen LogP contribution in [0.1, 0.15) is 18.5 Å². The first-order chi connectivity index (χ1) is 14.8. The van der Waals surface area contributed by atoms with Gasteiger partial charge in [-0.15, -0.1) is 10.2 Å². The Hall–Kier alpha value is -3.34. The molecule has 3 aromatic rings. The average Bonchev–Trinajstić information content (AvgIpc) is 3.11. The van der Waals surface area contributed by atoms with E-state index in [0.29, 0.717) is 28.0 Å². The van der Waals surface area contributed by atoms with E-state index in [1.807, 2.05) is 0 Å². The van der Waals surface area contributed by atoms with Crippen LogP contribution in [0.5, 0.6) is 11.5 Å². The summed E-state index contributed by atoms with van der Waals surface area (Å²) in [6, 6.07) is 7.76. The Balaban J connectivity index is 1.67. The molecule has 0 radical (unpaired) electrons. The van der Waals surface area contributed by atoms with Crippen molar-refractivity contribution in [3.63, 3.8) is 0 Å². The van der Waals surface area contributed by atoms with Gasteiger partial charge in [0.15, 0.2) is 5.82 Å². The maximum absolute atomic E-state index is 13.9.